The molecule has 0 saturated heterocycles. The molecule has 2 rings (SSSR count). The summed E-state index contributed by atoms with van der Waals surface area (Å²) in [6.07, 6.45) is -0.624. The van der Waals surface area contributed by atoms with Crippen LogP contribution in [0.15, 0.2) is 47.4 Å². The van der Waals surface area contributed by atoms with Crippen molar-refractivity contribution in [3.63, 3.8) is 0 Å². The van der Waals surface area contributed by atoms with Crippen molar-refractivity contribution < 1.29 is 23.7 Å². The Balaban J connectivity index is 0.000000403. The summed E-state index contributed by atoms with van der Waals surface area (Å²) in [5.74, 6) is -0.377. The molecule has 23 heavy (non-hydrogen) atoms. The zero-order valence-corrected chi connectivity index (χ0v) is 13.4. The number of nitrogen functional groups attached to an aromatic ring is 1. The van der Waals surface area contributed by atoms with Gasteiger partial charge in [0.05, 0.1) is 11.0 Å². The van der Waals surface area contributed by atoms with Crippen LogP contribution >= 0.6 is 0 Å². The number of hydrogen-bond donors (Lipinski definition) is 6. The first-order chi connectivity index (χ1) is 10.1. The Bertz CT molecular complexity index is 731. The number of phenolic OH excluding ortho intramolecular Hbond substituents is 2. The van der Waals surface area contributed by atoms with Crippen LogP contribution in [0.25, 0.3) is 0 Å². The zero-order chi connectivity index (χ0) is 16.9. The molecule has 8 nitrogen and oxygen atoms in total. The molecule has 2 aromatic carbocycles. The fraction of sp³-hybridized carbons (Fsp3) is 0.143. The van der Waals surface area contributed by atoms with Gasteiger partial charge in [-0.15, -0.1) is 0 Å². The SMILES string of the molecule is CC(O)c1ccc(O)c(O)c1.N.Nc1ccc(S(N)(=O)=O)cc1. The maximum atomic E-state index is 10.7. The molecule has 0 fully saturated rings. The quantitative estimate of drug-likeness (QED) is 0.350. The summed E-state index contributed by atoms with van der Waals surface area (Å²) < 4.78 is 21.4. The fourth-order valence-corrected chi connectivity index (χ4v) is 1.97. The van der Waals surface area contributed by atoms with Gasteiger partial charge in [0, 0.05) is 5.69 Å². The van der Waals surface area contributed by atoms with Crippen molar-refractivity contribution in [1.82, 2.24) is 6.15 Å². The monoisotopic (exact) mass is 343 g/mol. The third kappa shape index (κ3) is 6.53. The van der Waals surface area contributed by atoms with Crippen molar-refractivity contribution in [2.24, 2.45) is 5.14 Å². The molecule has 0 bridgehead atoms. The number of rotatable bonds is 2. The summed E-state index contributed by atoms with van der Waals surface area (Å²) in [6, 6.07) is 9.94. The number of benzene rings is 2. The van der Waals surface area contributed by atoms with Crippen molar-refractivity contribution in [2.75, 3.05) is 5.73 Å². The Hall–Kier alpha value is -2.33. The Kier molecular flexibility index (Phi) is 7.50. The second-order valence-corrected chi connectivity index (χ2v) is 6.10. The lowest BCUT2D eigenvalue weighted by Crippen LogP contribution is -2.11. The number of phenols is 2. The predicted octanol–water partition coefficient (Wildman–Crippen LogP) is 1.23. The molecule has 128 valence electrons. The van der Waals surface area contributed by atoms with Crippen molar-refractivity contribution in [1.29, 1.82) is 0 Å². The van der Waals surface area contributed by atoms with Crippen LogP contribution in [0.5, 0.6) is 11.5 Å². The Labute approximate surface area is 134 Å². The van der Waals surface area contributed by atoms with Gasteiger partial charge in [0.25, 0.3) is 0 Å². The van der Waals surface area contributed by atoms with E-state index in [4.69, 9.17) is 26.2 Å². The second kappa shape index (κ2) is 8.34. The van der Waals surface area contributed by atoms with Crippen LogP contribution in [-0.4, -0.2) is 23.7 Å². The molecule has 1 unspecified atom stereocenters. The number of primary sulfonamides is 1. The maximum absolute atomic E-state index is 10.7. The van der Waals surface area contributed by atoms with Crippen LogP contribution in [0.3, 0.4) is 0 Å². The van der Waals surface area contributed by atoms with E-state index in [1.807, 2.05) is 0 Å². The summed E-state index contributed by atoms with van der Waals surface area (Å²) in [7, 11) is -3.58. The molecule has 0 saturated carbocycles. The summed E-state index contributed by atoms with van der Waals surface area (Å²) in [4.78, 5) is 0.0756. The molecule has 0 aliphatic carbocycles. The average molecular weight is 343 g/mol. The van der Waals surface area contributed by atoms with Gasteiger partial charge < -0.3 is 27.2 Å². The van der Waals surface area contributed by atoms with E-state index in [1.54, 1.807) is 13.0 Å². The first kappa shape index (κ1) is 20.7. The van der Waals surface area contributed by atoms with E-state index in [0.717, 1.165) is 0 Å². The third-order valence-electron chi connectivity index (χ3n) is 2.69. The summed E-state index contributed by atoms with van der Waals surface area (Å²) in [5.41, 5.74) is 6.43. The number of sulfonamides is 1. The summed E-state index contributed by atoms with van der Waals surface area (Å²) in [6.45, 7) is 1.59. The number of aliphatic hydroxyl groups is 1. The van der Waals surface area contributed by atoms with Gasteiger partial charge in [0.2, 0.25) is 10.0 Å². The maximum Gasteiger partial charge on any atom is 0.238 e. The molecule has 2 aromatic rings. The molecule has 0 spiro atoms. The topological polar surface area (TPSA) is 182 Å². The van der Waals surface area contributed by atoms with Crippen LogP contribution in [0.4, 0.5) is 5.69 Å². The molecular formula is C14H21N3O5S. The molecule has 0 aromatic heterocycles. The number of nitrogens with two attached hydrogens (primary N) is 2. The number of aliphatic hydroxyl groups excluding tert-OH is 1. The molecule has 9 heteroatoms. The highest BCUT2D eigenvalue weighted by molar-refractivity contribution is 7.89. The molecule has 0 amide bonds. The van der Waals surface area contributed by atoms with Gasteiger partial charge in [-0.2, -0.15) is 0 Å². The molecule has 0 aliphatic rings. The van der Waals surface area contributed by atoms with Crippen LogP contribution in [-0.2, 0) is 10.0 Å². The number of aromatic hydroxyl groups is 2. The minimum absolute atomic E-state index is 0. The van der Waals surface area contributed by atoms with E-state index in [2.05, 4.69) is 0 Å². The predicted molar refractivity (Wildman–Crippen MR) is 87.7 cm³/mol. The van der Waals surface area contributed by atoms with Crippen molar-refractivity contribution in [2.45, 2.75) is 17.9 Å². The van der Waals surface area contributed by atoms with Gasteiger partial charge in [-0.3, -0.25) is 0 Å². The van der Waals surface area contributed by atoms with Crippen LogP contribution in [0.2, 0.25) is 0 Å². The van der Waals surface area contributed by atoms with E-state index in [-0.39, 0.29) is 22.5 Å². The van der Waals surface area contributed by atoms with Gasteiger partial charge in [-0.05, 0) is 48.9 Å². The van der Waals surface area contributed by atoms with Gasteiger partial charge in [-0.25, -0.2) is 13.6 Å². The highest BCUT2D eigenvalue weighted by Crippen LogP contribution is 2.27. The van der Waals surface area contributed by atoms with Crippen molar-refractivity contribution >= 4 is 15.7 Å². The number of anilines is 1. The van der Waals surface area contributed by atoms with E-state index in [1.165, 1.54) is 36.4 Å². The van der Waals surface area contributed by atoms with Crippen molar-refractivity contribution in [3.8, 4) is 11.5 Å². The Morgan fingerprint density at radius 2 is 1.52 bits per heavy atom. The highest BCUT2D eigenvalue weighted by Gasteiger charge is 2.05. The summed E-state index contributed by atoms with van der Waals surface area (Å²) in [5, 5.41) is 31.8. The average Bonchev–Trinajstić information content (AvgIpc) is 2.42. The van der Waals surface area contributed by atoms with Crippen LogP contribution < -0.4 is 17.0 Å². The fourth-order valence-electron chi connectivity index (χ4n) is 1.46. The third-order valence-corrected chi connectivity index (χ3v) is 3.62. The second-order valence-electron chi connectivity index (χ2n) is 4.54. The Morgan fingerprint density at radius 3 is 1.91 bits per heavy atom. The van der Waals surface area contributed by atoms with Gasteiger partial charge in [0.15, 0.2) is 11.5 Å². The lowest BCUT2D eigenvalue weighted by molar-refractivity contribution is 0.198. The van der Waals surface area contributed by atoms with Crippen LogP contribution in [0, 0.1) is 0 Å². The standard InChI is InChI=1S/C8H10O3.C6H8N2O2S.H3N/c1-5(9)6-2-3-7(10)8(11)4-6;7-5-1-3-6(4-2-5)11(8,9)10;/h2-5,9-11H,1H3;1-4H,7H2,(H2,8,9,10);1H3. The molecule has 10 N–H and O–H groups in total. The molecule has 1 atom stereocenters. The molecular weight excluding hydrogens is 322 g/mol. The van der Waals surface area contributed by atoms with E-state index in [0.29, 0.717) is 11.3 Å². The van der Waals surface area contributed by atoms with E-state index < -0.39 is 16.1 Å². The first-order valence-electron chi connectivity index (χ1n) is 6.19. The van der Waals surface area contributed by atoms with Gasteiger partial charge in [0.1, 0.15) is 0 Å². The minimum Gasteiger partial charge on any atom is -0.504 e. The largest absolute Gasteiger partial charge is 0.504 e. The minimum atomic E-state index is -3.58. The normalized spacial score (nSPS) is 11.6. The highest BCUT2D eigenvalue weighted by atomic mass is 32.2. The number of hydrogen-bond acceptors (Lipinski definition) is 7. The first-order valence-corrected chi connectivity index (χ1v) is 7.74. The van der Waals surface area contributed by atoms with E-state index in [9.17, 15) is 8.42 Å². The zero-order valence-electron chi connectivity index (χ0n) is 12.5. The van der Waals surface area contributed by atoms with Gasteiger partial charge >= 0.3 is 0 Å². The smallest absolute Gasteiger partial charge is 0.238 e. The van der Waals surface area contributed by atoms with Crippen molar-refractivity contribution in [3.05, 3.63) is 48.0 Å². The van der Waals surface area contributed by atoms with Gasteiger partial charge in [-0.1, -0.05) is 6.07 Å². The lowest BCUT2D eigenvalue weighted by atomic mass is 10.1. The lowest BCUT2D eigenvalue weighted by Gasteiger charge is -2.04. The Morgan fingerprint density at radius 1 is 1.00 bits per heavy atom. The van der Waals surface area contributed by atoms with E-state index >= 15 is 0 Å². The van der Waals surface area contributed by atoms with Crippen LogP contribution in [0.1, 0.15) is 18.6 Å². The molecule has 0 heterocycles. The summed E-state index contributed by atoms with van der Waals surface area (Å²) >= 11 is 0. The molecule has 0 aliphatic heterocycles. The molecule has 0 radical (unpaired) electrons.